The van der Waals surface area contributed by atoms with Gasteiger partial charge in [-0.2, -0.15) is 0 Å². The molecule has 2 aliphatic rings. The molecule has 0 saturated heterocycles. The van der Waals surface area contributed by atoms with Gasteiger partial charge in [-0.25, -0.2) is 9.98 Å². The van der Waals surface area contributed by atoms with E-state index in [9.17, 15) is 4.79 Å². The van der Waals surface area contributed by atoms with Crippen LogP contribution in [0, 0.1) is 0 Å². The quantitative estimate of drug-likeness (QED) is 0.675. The standard InChI is InChI=1S/C26H31N5O/c1-25(2,3)18-10-8-17(9-11-18)22-23(32)30(5)24(27)29-26(22,4)19-12-13-21-28-14-20(16-6-7-16)31(21)15-19/h8-16,22H,6-7H2,1-5H3,(H2,27,29). The highest BCUT2D eigenvalue weighted by Gasteiger charge is 2.47. The monoisotopic (exact) mass is 429 g/mol. The first-order valence-electron chi connectivity index (χ1n) is 11.3. The third kappa shape index (κ3) is 3.20. The van der Waals surface area contributed by atoms with Crippen LogP contribution in [0.25, 0.3) is 5.65 Å². The Morgan fingerprint density at radius 1 is 1.09 bits per heavy atom. The highest BCUT2D eigenvalue weighted by Crippen LogP contribution is 2.45. The molecule has 1 amide bonds. The van der Waals surface area contributed by atoms with Crippen LogP contribution in [0.2, 0.25) is 0 Å². The molecule has 3 heterocycles. The fraction of sp³-hybridized carbons (Fsp3) is 0.423. The summed E-state index contributed by atoms with van der Waals surface area (Å²) < 4.78 is 2.16. The minimum absolute atomic E-state index is 0.0448. The molecule has 2 atom stereocenters. The van der Waals surface area contributed by atoms with Gasteiger partial charge in [0.25, 0.3) is 0 Å². The first-order chi connectivity index (χ1) is 15.1. The smallest absolute Gasteiger partial charge is 0.239 e. The minimum atomic E-state index is -0.823. The number of rotatable bonds is 3. The van der Waals surface area contributed by atoms with Crippen molar-refractivity contribution in [2.45, 2.75) is 63.3 Å². The summed E-state index contributed by atoms with van der Waals surface area (Å²) in [5, 5.41) is 0. The predicted molar refractivity (Wildman–Crippen MR) is 127 cm³/mol. The zero-order valence-corrected chi connectivity index (χ0v) is 19.5. The Morgan fingerprint density at radius 3 is 2.41 bits per heavy atom. The van der Waals surface area contributed by atoms with Gasteiger partial charge in [-0.15, -0.1) is 0 Å². The topological polar surface area (TPSA) is 76.0 Å². The Hall–Kier alpha value is -3.15. The van der Waals surface area contributed by atoms with Gasteiger partial charge in [-0.3, -0.25) is 9.69 Å². The number of amides is 1. The number of aliphatic imine (C=N–C) groups is 1. The van der Waals surface area contributed by atoms with Crippen molar-refractivity contribution in [1.29, 1.82) is 0 Å². The zero-order valence-electron chi connectivity index (χ0n) is 19.5. The van der Waals surface area contributed by atoms with Crippen molar-refractivity contribution < 1.29 is 4.79 Å². The van der Waals surface area contributed by atoms with E-state index in [1.165, 1.54) is 29.0 Å². The number of nitrogens with zero attached hydrogens (tertiary/aromatic N) is 4. The van der Waals surface area contributed by atoms with Crippen molar-refractivity contribution >= 4 is 17.5 Å². The number of guanidine groups is 1. The van der Waals surface area contributed by atoms with E-state index < -0.39 is 11.5 Å². The molecule has 0 spiro atoms. The Kier molecular flexibility index (Phi) is 4.49. The molecular weight excluding hydrogens is 398 g/mol. The molecule has 2 N–H and O–H groups in total. The molecule has 1 aliphatic carbocycles. The second-order valence-corrected chi connectivity index (χ2v) is 10.4. The lowest BCUT2D eigenvalue weighted by Gasteiger charge is -2.41. The number of fused-ring (bicyclic) bond motifs is 1. The maximum atomic E-state index is 13.6. The summed E-state index contributed by atoms with van der Waals surface area (Å²) in [6.07, 6.45) is 6.47. The average Bonchev–Trinajstić information content (AvgIpc) is 3.50. The van der Waals surface area contributed by atoms with Gasteiger partial charge in [0.2, 0.25) is 5.91 Å². The molecule has 5 rings (SSSR count). The summed E-state index contributed by atoms with van der Waals surface area (Å²) in [6.45, 7) is 8.58. The second kappa shape index (κ2) is 6.92. The van der Waals surface area contributed by atoms with E-state index in [1.54, 1.807) is 7.05 Å². The number of hydrogen-bond donors (Lipinski definition) is 1. The molecule has 32 heavy (non-hydrogen) atoms. The first kappa shape index (κ1) is 20.7. The van der Waals surface area contributed by atoms with Gasteiger partial charge in [0, 0.05) is 31.1 Å². The molecule has 1 fully saturated rings. The molecule has 1 aliphatic heterocycles. The second-order valence-electron chi connectivity index (χ2n) is 10.4. The van der Waals surface area contributed by atoms with Crippen molar-refractivity contribution in [3.05, 3.63) is 71.2 Å². The largest absolute Gasteiger partial charge is 0.369 e. The zero-order chi connectivity index (χ0) is 22.8. The van der Waals surface area contributed by atoms with Gasteiger partial charge in [0.15, 0.2) is 5.96 Å². The van der Waals surface area contributed by atoms with Crippen LogP contribution in [0.4, 0.5) is 0 Å². The lowest BCUT2D eigenvalue weighted by molar-refractivity contribution is -0.130. The lowest BCUT2D eigenvalue weighted by atomic mass is 9.74. The molecule has 0 bridgehead atoms. The highest BCUT2D eigenvalue weighted by atomic mass is 16.2. The summed E-state index contributed by atoms with van der Waals surface area (Å²) in [5.74, 6) is 0.297. The number of carbonyl (C=O) groups is 1. The van der Waals surface area contributed by atoms with Crippen molar-refractivity contribution in [3.63, 3.8) is 0 Å². The normalized spacial score (nSPS) is 24.2. The Bertz CT molecular complexity index is 1230. The van der Waals surface area contributed by atoms with Gasteiger partial charge >= 0.3 is 0 Å². The van der Waals surface area contributed by atoms with Crippen LogP contribution < -0.4 is 5.73 Å². The highest BCUT2D eigenvalue weighted by molar-refractivity contribution is 6.02. The van der Waals surface area contributed by atoms with Crippen LogP contribution in [0.3, 0.4) is 0 Å². The van der Waals surface area contributed by atoms with Crippen molar-refractivity contribution in [3.8, 4) is 0 Å². The van der Waals surface area contributed by atoms with Crippen LogP contribution in [-0.4, -0.2) is 33.2 Å². The van der Waals surface area contributed by atoms with Crippen LogP contribution in [0.15, 0.2) is 53.8 Å². The number of imidazole rings is 1. The Balaban J connectivity index is 1.66. The number of pyridine rings is 1. The van der Waals surface area contributed by atoms with Crippen LogP contribution in [0.1, 0.15) is 74.8 Å². The number of nitrogens with two attached hydrogens (primary N) is 1. The van der Waals surface area contributed by atoms with Gasteiger partial charge in [-0.05, 0) is 47.9 Å². The van der Waals surface area contributed by atoms with Gasteiger partial charge in [-0.1, -0.05) is 51.1 Å². The molecule has 1 saturated carbocycles. The number of carbonyl (C=O) groups excluding carboxylic acids is 1. The third-order valence-corrected chi connectivity index (χ3v) is 7.05. The third-order valence-electron chi connectivity index (χ3n) is 7.05. The summed E-state index contributed by atoms with van der Waals surface area (Å²) in [5.41, 5.74) is 10.7. The van der Waals surface area contributed by atoms with Gasteiger partial charge in [0.05, 0.1) is 5.92 Å². The van der Waals surface area contributed by atoms with Crippen LogP contribution >= 0.6 is 0 Å². The Morgan fingerprint density at radius 2 is 1.78 bits per heavy atom. The number of hydrogen-bond acceptors (Lipinski definition) is 4. The average molecular weight is 430 g/mol. The predicted octanol–water partition coefficient (Wildman–Crippen LogP) is 4.29. The first-order valence-corrected chi connectivity index (χ1v) is 11.3. The van der Waals surface area contributed by atoms with Crippen molar-refractivity contribution in [2.24, 2.45) is 10.7 Å². The van der Waals surface area contributed by atoms with Gasteiger partial charge < -0.3 is 10.1 Å². The summed E-state index contributed by atoms with van der Waals surface area (Å²) >= 11 is 0. The molecular formula is C26H31N5O. The fourth-order valence-corrected chi connectivity index (χ4v) is 4.78. The summed E-state index contributed by atoms with van der Waals surface area (Å²) in [4.78, 5) is 24.5. The Labute approximate surface area is 189 Å². The molecule has 1 aromatic carbocycles. The number of benzene rings is 1. The van der Waals surface area contributed by atoms with E-state index >= 15 is 0 Å². The maximum Gasteiger partial charge on any atom is 0.239 e. The van der Waals surface area contributed by atoms with Crippen molar-refractivity contribution in [2.75, 3.05) is 7.05 Å². The van der Waals surface area contributed by atoms with E-state index in [2.05, 4.69) is 60.6 Å². The van der Waals surface area contributed by atoms with Crippen molar-refractivity contribution in [1.82, 2.24) is 14.3 Å². The maximum absolute atomic E-state index is 13.6. The van der Waals surface area contributed by atoms with Crippen LogP contribution in [0.5, 0.6) is 0 Å². The van der Waals surface area contributed by atoms with E-state index in [0.29, 0.717) is 5.92 Å². The molecule has 0 radical (unpaired) electrons. The van der Waals surface area contributed by atoms with E-state index in [4.69, 9.17) is 10.7 Å². The molecule has 6 nitrogen and oxygen atoms in total. The van der Waals surface area contributed by atoms with E-state index in [0.717, 1.165) is 16.8 Å². The lowest BCUT2D eigenvalue weighted by Crippen LogP contribution is -2.52. The van der Waals surface area contributed by atoms with E-state index in [-0.39, 0.29) is 17.3 Å². The molecule has 3 aromatic rings. The number of aromatic nitrogens is 2. The number of likely N-dealkylation sites (N-methyl/N-ethyl adjacent to an activating group) is 1. The SMILES string of the molecule is CN1C(=O)C(c2ccc(C(C)(C)C)cc2)C(C)(c2ccc3ncc(C4CC4)n3c2)N=C1N. The minimum Gasteiger partial charge on any atom is -0.369 e. The van der Waals surface area contributed by atoms with E-state index in [1.807, 2.05) is 25.3 Å². The van der Waals surface area contributed by atoms with Crippen LogP contribution in [-0.2, 0) is 15.7 Å². The van der Waals surface area contributed by atoms with Gasteiger partial charge in [0.1, 0.15) is 11.2 Å². The molecule has 6 heteroatoms. The molecule has 2 unspecified atom stereocenters. The summed E-state index contributed by atoms with van der Waals surface area (Å²) in [7, 11) is 1.70. The molecule has 166 valence electrons. The fourth-order valence-electron chi connectivity index (χ4n) is 4.78. The summed E-state index contributed by atoms with van der Waals surface area (Å²) in [6, 6.07) is 12.4. The molecule has 2 aromatic heterocycles.